The van der Waals surface area contributed by atoms with Gasteiger partial charge in [-0.15, -0.1) is 0 Å². The van der Waals surface area contributed by atoms with Gasteiger partial charge in [0.2, 0.25) is 0 Å². The molecule has 1 saturated carbocycles. The van der Waals surface area contributed by atoms with Crippen LogP contribution >= 0.6 is 0 Å². The molecule has 0 aromatic heterocycles. The lowest BCUT2D eigenvalue weighted by Crippen LogP contribution is -2.22. The number of fused-ring (bicyclic) bond motifs is 1. The lowest BCUT2D eigenvalue weighted by molar-refractivity contribution is -0.145. The van der Waals surface area contributed by atoms with Crippen molar-refractivity contribution in [1.82, 2.24) is 4.90 Å². The number of nitrogens with zero attached hydrogens (tertiary/aromatic N) is 1. The normalized spacial score (nSPS) is 39.3. The van der Waals surface area contributed by atoms with Crippen LogP contribution < -0.4 is 0 Å². The average molecular weight is 169 g/mol. The summed E-state index contributed by atoms with van der Waals surface area (Å²) in [5.74, 6) is 1.48. The third-order valence-electron chi connectivity index (χ3n) is 2.94. The van der Waals surface area contributed by atoms with Crippen molar-refractivity contribution in [1.29, 1.82) is 0 Å². The lowest BCUT2D eigenvalue weighted by atomic mass is 10.3. The van der Waals surface area contributed by atoms with Crippen LogP contribution in [0.2, 0.25) is 0 Å². The van der Waals surface area contributed by atoms with Crippen LogP contribution in [-0.4, -0.2) is 37.6 Å². The number of likely N-dealkylation sites (tertiary alicyclic amines) is 1. The molecular formula is C9H15NO2. The van der Waals surface area contributed by atoms with Gasteiger partial charge >= 0.3 is 5.97 Å². The van der Waals surface area contributed by atoms with Crippen LogP contribution in [-0.2, 0) is 9.53 Å². The molecule has 2 rings (SSSR count). The molecular weight excluding hydrogens is 154 g/mol. The molecule has 3 nitrogen and oxygen atoms in total. The fraction of sp³-hybridized carbons (Fsp3) is 0.889. The number of carbonyl (C=O) groups excluding carboxylic acids is 1. The van der Waals surface area contributed by atoms with Crippen LogP contribution in [0.15, 0.2) is 0 Å². The van der Waals surface area contributed by atoms with E-state index in [0.717, 1.165) is 13.1 Å². The van der Waals surface area contributed by atoms with Crippen LogP contribution in [0.3, 0.4) is 0 Å². The molecule has 1 unspecified atom stereocenters. The Morgan fingerprint density at radius 3 is 2.58 bits per heavy atom. The maximum absolute atomic E-state index is 11.3. The third kappa shape index (κ3) is 1.12. The Balaban J connectivity index is 1.85. The molecule has 0 amide bonds. The first-order chi connectivity index (χ1) is 5.74. The minimum atomic E-state index is 0.0283. The highest BCUT2D eigenvalue weighted by Crippen LogP contribution is 2.51. The van der Waals surface area contributed by atoms with E-state index in [0.29, 0.717) is 18.4 Å². The molecule has 0 aromatic rings. The molecule has 2 aliphatic rings. The van der Waals surface area contributed by atoms with E-state index >= 15 is 0 Å². The molecule has 2 fully saturated rings. The van der Waals surface area contributed by atoms with E-state index in [2.05, 4.69) is 11.9 Å². The summed E-state index contributed by atoms with van der Waals surface area (Å²) in [5, 5.41) is 0. The quantitative estimate of drug-likeness (QED) is 0.559. The van der Waals surface area contributed by atoms with Crippen LogP contribution in [0.4, 0.5) is 0 Å². The second-order valence-corrected chi connectivity index (χ2v) is 3.83. The van der Waals surface area contributed by atoms with Gasteiger partial charge in [-0.25, -0.2) is 0 Å². The summed E-state index contributed by atoms with van der Waals surface area (Å²) in [6, 6.07) is 0. The first-order valence-electron chi connectivity index (χ1n) is 4.59. The highest BCUT2D eigenvalue weighted by atomic mass is 16.5. The van der Waals surface area contributed by atoms with Crippen molar-refractivity contribution < 1.29 is 9.53 Å². The van der Waals surface area contributed by atoms with Gasteiger partial charge < -0.3 is 9.64 Å². The summed E-state index contributed by atoms with van der Waals surface area (Å²) >= 11 is 0. The summed E-state index contributed by atoms with van der Waals surface area (Å²) < 4.78 is 4.98. The van der Waals surface area contributed by atoms with Crippen molar-refractivity contribution in [3.05, 3.63) is 0 Å². The van der Waals surface area contributed by atoms with Crippen molar-refractivity contribution in [3.8, 4) is 0 Å². The van der Waals surface area contributed by atoms with Gasteiger partial charge in [-0.3, -0.25) is 4.79 Å². The second-order valence-electron chi connectivity index (χ2n) is 3.83. The summed E-state index contributed by atoms with van der Waals surface area (Å²) in [5.41, 5.74) is 0. The monoisotopic (exact) mass is 169 g/mol. The molecule has 1 heterocycles. The molecule has 0 radical (unpaired) electrons. The topological polar surface area (TPSA) is 29.5 Å². The zero-order chi connectivity index (χ0) is 8.72. The van der Waals surface area contributed by atoms with Crippen molar-refractivity contribution in [2.45, 2.75) is 6.92 Å². The number of ether oxygens (including phenoxy) is 1. The smallest absolute Gasteiger partial charge is 0.309 e. The van der Waals surface area contributed by atoms with Gasteiger partial charge in [0.1, 0.15) is 0 Å². The van der Waals surface area contributed by atoms with Crippen molar-refractivity contribution in [2.24, 2.45) is 17.8 Å². The zero-order valence-corrected chi connectivity index (χ0v) is 7.62. The molecule has 12 heavy (non-hydrogen) atoms. The van der Waals surface area contributed by atoms with Crippen LogP contribution in [0.1, 0.15) is 6.92 Å². The largest absolute Gasteiger partial charge is 0.466 e. The van der Waals surface area contributed by atoms with Gasteiger partial charge in [-0.1, -0.05) is 0 Å². The summed E-state index contributed by atoms with van der Waals surface area (Å²) in [6.07, 6.45) is 0. The predicted molar refractivity (Wildman–Crippen MR) is 44.6 cm³/mol. The highest BCUT2D eigenvalue weighted by Gasteiger charge is 2.59. The maximum Gasteiger partial charge on any atom is 0.309 e. The van der Waals surface area contributed by atoms with E-state index in [9.17, 15) is 4.79 Å². The Morgan fingerprint density at radius 2 is 2.08 bits per heavy atom. The molecule has 0 bridgehead atoms. The Kier molecular flexibility index (Phi) is 1.83. The molecule has 68 valence electrons. The minimum Gasteiger partial charge on any atom is -0.466 e. The molecule has 3 heteroatoms. The van der Waals surface area contributed by atoms with E-state index in [-0.39, 0.29) is 11.9 Å². The molecule has 0 spiro atoms. The first kappa shape index (κ1) is 8.05. The molecule has 3 atom stereocenters. The Hall–Kier alpha value is -0.570. The molecule has 1 saturated heterocycles. The molecule has 1 aliphatic heterocycles. The fourth-order valence-corrected chi connectivity index (χ4v) is 2.33. The van der Waals surface area contributed by atoms with E-state index in [1.807, 2.05) is 6.92 Å². The summed E-state index contributed by atoms with van der Waals surface area (Å²) in [4.78, 5) is 13.6. The number of piperidine rings is 1. The van der Waals surface area contributed by atoms with Gasteiger partial charge in [0.15, 0.2) is 0 Å². The SMILES string of the molecule is CCOC(=O)C1[C@H]2CN(C)C[C@@H]12. The van der Waals surface area contributed by atoms with Gasteiger partial charge in [0.05, 0.1) is 12.5 Å². The van der Waals surface area contributed by atoms with Gasteiger partial charge in [0.25, 0.3) is 0 Å². The first-order valence-corrected chi connectivity index (χ1v) is 4.59. The standard InChI is InChI=1S/C9H15NO2/c1-3-12-9(11)8-6-4-10(2)5-7(6)8/h6-8H,3-5H2,1-2H3/t6-,7+,8?. The fourth-order valence-electron chi connectivity index (χ4n) is 2.33. The number of carbonyl (C=O) groups is 1. The Morgan fingerprint density at radius 1 is 1.50 bits per heavy atom. The number of esters is 1. The number of hydrogen-bond donors (Lipinski definition) is 0. The number of rotatable bonds is 2. The highest BCUT2D eigenvalue weighted by molar-refractivity contribution is 5.77. The maximum atomic E-state index is 11.3. The van der Waals surface area contributed by atoms with Crippen LogP contribution in [0.5, 0.6) is 0 Å². The molecule has 0 N–H and O–H groups in total. The van der Waals surface area contributed by atoms with E-state index in [4.69, 9.17) is 4.74 Å². The predicted octanol–water partition coefficient (Wildman–Crippen LogP) is 0.357. The van der Waals surface area contributed by atoms with Gasteiger partial charge in [-0.2, -0.15) is 0 Å². The van der Waals surface area contributed by atoms with Crippen molar-refractivity contribution in [3.63, 3.8) is 0 Å². The van der Waals surface area contributed by atoms with E-state index < -0.39 is 0 Å². The van der Waals surface area contributed by atoms with Crippen molar-refractivity contribution in [2.75, 3.05) is 26.7 Å². The Bertz CT molecular complexity index is 193. The second kappa shape index (κ2) is 2.73. The lowest BCUT2D eigenvalue weighted by Gasteiger charge is -2.11. The molecule has 0 aromatic carbocycles. The molecule has 1 aliphatic carbocycles. The summed E-state index contributed by atoms with van der Waals surface area (Å²) in [6.45, 7) is 4.54. The number of hydrogen-bond acceptors (Lipinski definition) is 3. The van der Waals surface area contributed by atoms with Crippen molar-refractivity contribution >= 4 is 5.97 Å². The van der Waals surface area contributed by atoms with Crippen LogP contribution in [0.25, 0.3) is 0 Å². The Labute approximate surface area is 72.7 Å². The van der Waals surface area contributed by atoms with E-state index in [1.54, 1.807) is 0 Å². The van der Waals surface area contributed by atoms with E-state index in [1.165, 1.54) is 0 Å². The zero-order valence-electron chi connectivity index (χ0n) is 7.62. The average Bonchev–Trinajstić information content (AvgIpc) is 2.51. The van der Waals surface area contributed by atoms with Crippen LogP contribution in [0, 0.1) is 17.8 Å². The third-order valence-corrected chi connectivity index (χ3v) is 2.94. The summed E-state index contributed by atoms with van der Waals surface area (Å²) in [7, 11) is 2.11. The minimum absolute atomic E-state index is 0.0283. The van der Waals surface area contributed by atoms with Gasteiger partial charge in [0, 0.05) is 13.1 Å². The van der Waals surface area contributed by atoms with Gasteiger partial charge in [-0.05, 0) is 25.8 Å².